The molecule has 1 atom stereocenters. The molecule has 0 spiro atoms. The van der Waals surface area contributed by atoms with E-state index in [2.05, 4.69) is 4.99 Å². The minimum atomic E-state index is -4.63. The van der Waals surface area contributed by atoms with Crippen molar-refractivity contribution in [1.29, 1.82) is 0 Å². The zero-order valence-electron chi connectivity index (χ0n) is 18.5. The third-order valence-corrected chi connectivity index (χ3v) is 5.50. The Hall–Kier alpha value is -4.40. The van der Waals surface area contributed by atoms with Gasteiger partial charge in [-0.15, -0.1) is 0 Å². The Morgan fingerprint density at radius 2 is 1.57 bits per heavy atom. The molecule has 4 rings (SSSR count). The summed E-state index contributed by atoms with van der Waals surface area (Å²) >= 11 is 0. The van der Waals surface area contributed by atoms with E-state index in [1.807, 2.05) is 24.3 Å². The van der Waals surface area contributed by atoms with Gasteiger partial charge >= 0.3 is 12.3 Å². The van der Waals surface area contributed by atoms with E-state index in [1.165, 1.54) is 11.0 Å². The van der Waals surface area contributed by atoms with Gasteiger partial charge in [0.25, 0.3) is 5.91 Å². The highest BCUT2D eigenvalue weighted by atomic mass is 19.4. The normalized spacial score (nSPS) is 18.3. The zero-order chi connectivity index (χ0) is 25.2. The molecule has 1 N–H and O–H groups in total. The maximum absolute atomic E-state index is 13.1. The van der Waals surface area contributed by atoms with Crippen molar-refractivity contribution in [3.05, 3.63) is 113 Å². The van der Waals surface area contributed by atoms with Gasteiger partial charge in [-0.25, -0.2) is 9.69 Å². The lowest BCUT2D eigenvalue weighted by molar-refractivity contribution is -0.137. The van der Waals surface area contributed by atoms with Crippen LogP contribution < -0.4 is 0 Å². The smallest absolute Gasteiger partial charge is 0.418 e. The van der Waals surface area contributed by atoms with Crippen LogP contribution >= 0.6 is 0 Å². The van der Waals surface area contributed by atoms with Gasteiger partial charge in [0, 0.05) is 12.6 Å². The van der Waals surface area contributed by atoms with Crippen molar-refractivity contribution < 1.29 is 27.9 Å². The Kier molecular flexibility index (Phi) is 6.42. The third kappa shape index (κ3) is 4.93. The molecule has 2 amide bonds. The van der Waals surface area contributed by atoms with Crippen LogP contribution in [0.3, 0.4) is 0 Å². The van der Waals surface area contributed by atoms with Gasteiger partial charge in [0.2, 0.25) is 5.96 Å². The molecule has 1 heterocycles. The Morgan fingerprint density at radius 1 is 0.943 bits per heavy atom. The predicted molar refractivity (Wildman–Crippen MR) is 124 cm³/mol. The topological polar surface area (TPSA) is 73.2 Å². The second kappa shape index (κ2) is 9.46. The maximum atomic E-state index is 13.1. The molecule has 0 aromatic heterocycles. The van der Waals surface area contributed by atoms with Crippen LogP contribution in [0.5, 0.6) is 0 Å². The van der Waals surface area contributed by atoms with Gasteiger partial charge in [0.15, 0.2) is 0 Å². The summed E-state index contributed by atoms with van der Waals surface area (Å²) in [7, 11) is 1.58. The van der Waals surface area contributed by atoms with E-state index in [0.29, 0.717) is 11.8 Å². The van der Waals surface area contributed by atoms with Crippen molar-refractivity contribution in [2.45, 2.75) is 12.2 Å². The second-order valence-corrected chi connectivity index (χ2v) is 7.82. The Labute approximate surface area is 199 Å². The molecule has 3 aromatic rings. The summed E-state index contributed by atoms with van der Waals surface area (Å²) in [6.07, 6.45) is -4.34. The Bertz CT molecular complexity index is 1310. The molecule has 9 heteroatoms. The average Bonchev–Trinajstić information content (AvgIpc) is 3.10. The number of rotatable bonds is 3. The minimum Gasteiger partial charge on any atom is -0.464 e. The van der Waals surface area contributed by atoms with Crippen LogP contribution in [0, 0.1) is 0 Å². The second-order valence-electron chi connectivity index (χ2n) is 7.82. The molecule has 178 valence electrons. The van der Waals surface area contributed by atoms with Crippen molar-refractivity contribution in [1.82, 2.24) is 9.80 Å². The SMILES string of the molecule is CN1C(=NC(=O)c2cccc(C(F)(F)F)c2)N(C(=O)O)/C(=C\c2ccccc2)C1c1ccccc1. The van der Waals surface area contributed by atoms with Gasteiger partial charge in [0.1, 0.15) is 0 Å². The number of alkyl halides is 3. The van der Waals surface area contributed by atoms with Crippen molar-refractivity contribution >= 4 is 24.0 Å². The summed E-state index contributed by atoms with van der Waals surface area (Å²) < 4.78 is 39.3. The van der Waals surface area contributed by atoms with Crippen LogP contribution in [0.2, 0.25) is 0 Å². The van der Waals surface area contributed by atoms with Crippen molar-refractivity contribution in [2.75, 3.05) is 7.05 Å². The lowest BCUT2D eigenvalue weighted by Gasteiger charge is -2.20. The summed E-state index contributed by atoms with van der Waals surface area (Å²) in [5.74, 6) is -1.20. The molecule has 1 aliphatic rings. The van der Waals surface area contributed by atoms with E-state index >= 15 is 0 Å². The number of aliphatic imine (C=N–C) groups is 1. The highest BCUT2D eigenvalue weighted by Gasteiger charge is 2.43. The fraction of sp³-hybridized carbons (Fsp3) is 0.115. The monoisotopic (exact) mass is 479 g/mol. The first-order valence-corrected chi connectivity index (χ1v) is 10.5. The lowest BCUT2D eigenvalue weighted by Crippen LogP contribution is -2.35. The number of benzene rings is 3. The largest absolute Gasteiger partial charge is 0.464 e. The lowest BCUT2D eigenvalue weighted by atomic mass is 10.0. The van der Waals surface area contributed by atoms with Crippen LogP contribution in [-0.2, 0) is 6.18 Å². The standard InChI is InChI=1S/C26H20F3N3O3/c1-31-22(18-11-6-3-7-12-18)21(15-17-9-4-2-5-10-17)32(25(34)35)24(31)30-23(33)19-13-8-14-20(16-19)26(27,28)29/h2-16,22H,1H3,(H,34,35)/b21-15-,30-24?. The van der Waals surface area contributed by atoms with Crippen LogP contribution in [-0.4, -0.2) is 39.9 Å². The molecule has 0 radical (unpaired) electrons. The van der Waals surface area contributed by atoms with Crippen LogP contribution in [0.1, 0.15) is 33.1 Å². The Balaban J connectivity index is 1.84. The van der Waals surface area contributed by atoms with Gasteiger partial charge < -0.3 is 10.0 Å². The van der Waals surface area contributed by atoms with E-state index in [9.17, 15) is 27.9 Å². The molecule has 3 aromatic carbocycles. The quantitative estimate of drug-likeness (QED) is 0.507. The summed E-state index contributed by atoms with van der Waals surface area (Å²) in [5, 5.41) is 10.1. The van der Waals surface area contributed by atoms with E-state index in [-0.39, 0.29) is 11.5 Å². The molecule has 1 unspecified atom stereocenters. The predicted octanol–water partition coefficient (Wildman–Crippen LogP) is 5.91. The molecule has 1 fully saturated rings. The minimum absolute atomic E-state index is 0.212. The van der Waals surface area contributed by atoms with Gasteiger partial charge in [-0.3, -0.25) is 4.79 Å². The molecule has 35 heavy (non-hydrogen) atoms. The van der Waals surface area contributed by atoms with E-state index in [1.54, 1.807) is 49.5 Å². The van der Waals surface area contributed by atoms with E-state index in [0.717, 1.165) is 28.2 Å². The number of guanidine groups is 1. The van der Waals surface area contributed by atoms with Crippen LogP contribution in [0.15, 0.2) is 95.6 Å². The summed E-state index contributed by atoms with van der Waals surface area (Å²) in [5.41, 5.74) is 0.509. The first-order chi connectivity index (χ1) is 16.7. The number of carbonyl (C=O) groups excluding carboxylic acids is 1. The van der Waals surface area contributed by atoms with Gasteiger partial charge in [-0.2, -0.15) is 18.2 Å². The Morgan fingerprint density at radius 3 is 2.17 bits per heavy atom. The molecular weight excluding hydrogens is 459 g/mol. The summed E-state index contributed by atoms with van der Waals surface area (Å²) in [6.45, 7) is 0. The number of amides is 2. The number of carboxylic acid groups (broad SMARTS) is 1. The van der Waals surface area contributed by atoms with Crippen molar-refractivity contribution in [3.8, 4) is 0 Å². The number of nitrogens with zero attached hydrogens (tertiary/aromatic N) is 3. The van der Waals surface area contributed by atoms with Gasteiger partial charge in [-0.05, 0) is 35.4 Å². The van der Waals surface area contributed by atoms with Crippen LogP contribution in [0.25, 0.3) is 6.08 Å². The third-order valence-electron chi connectivity index (χ3n) is 5.50. The van der Waals surface area contributed by atoms with E-state index in [4.69, 9.17) is 0 Å². The fourth-order valence-corrected chi connectivity index (χ4v) is 3.91. The van der Waals surface area contributed by atoms with Crippen molar-refractivity contribution in [3.63, 3.8) is 0 Å². The zero-order valence-corrected chi connectivity index (χ0v) is 18.5. The molecule has 6 nitrogen and oxygen atoms in total. The fourth-order valence-electron chi connectivity index (χ4n) is 3.91. The van der Waals surface area contributed by atoms with Crippen molar-refractivity contribution in [2.24, 2.45) is 4.99 Å². The van der Waals surface area contributed by atoms with Gasteiger partial charge in [0.05, 0.1) is 17.3 Å². The number of carbonyl (C=O) groups is 2. The van der Waals surface area contributed by atoms with Gasteiger partial charge in [-0.1, -0.05) is 66.7 Å². The summed E-state index contributed by atoms with van der Waals surface area (Å²) in [4.78, 5) is 31.6. The molecular formula is C26H20F3N3O3. The number of halogens is 3. The first-order valence-electron chi connectivity index (χ1n) is 10.5. The maximum Gasteiger partial charge on any atom is 0.418 e. The van der Waals surface area contributed by atoms with Crippen LogP contribution in [0.4, 0.5) is 18.0 Å². The highest BCUT2D eigenvalue weighted by molar-refractivity contribution is 6.08. The molecule has 1 saturated heterocycles. The average molecular weight is 479 g/mol. The molecule has 0 bridgehead atoms. The van der Waals surface area contributed by atoms with E-state index < -0.39 is 29.8 Å². The number of likely N-dealkylation sites (N-methyl/N-ethyl adjacent to an activating group) is 1. The highest BCUT2D eigenvalue weighted by Crippen LogP contribution is 2.39. The first kappa shape index (κ1) is 23.7. The summed E-state index contributed by atoms with van der Waals surface area (Å²) in [6, 6.07) is 21.4. The molecule has 0 saturated carbocycles. The molecule has 1 aliphatic heterocycles. The number of hydrogen-bond acceptors (Lipinski definition) is 2. The number of hydrogen-bond donors (Lipinski definition) is 1. The molecule has 0 aliphatic carbocycles.